The molecule has 0 saturated carbocycles. The zero-order valence-electron chi connectivity index (χ0n) is 11.2. The van der Waals surface area contributed by atoms with Gasteiger partial charge in [-0.1, -0.05) is 12.1 Å². The summed E-state index contributed by atoms with van der Waals surface area (Å²) in [6.45, 7) is 0. The molecule has 0 radical (unpaired) electrons. The quantitative estimate of drug-likeness (QED) is 0.650. The number of carbonyl (C=O) groups is 2. The first-order chi connectivity index (χ1) is 10.1. The first kappa shape index (κ1) is 14.6. The summed E-state index contributed by atoms with van der Waals surface area (Å²) in [6, 6.07) is 5.85. The third-order valence-electron chi connectivity index (χ3n) is 3.02. The molecule has 1 atom stereocenters. The van der Waals surface area contributed by atoms with Crippen molar-refractivity contribution >= 4 is 23.3 Å². The second kappa shape index (κ2) is 6.09. The number of ketones is 1. The molecule has 1 aliphatic rings. The maximum atomic E-state index is 12.4. The fourth-order valence-corrected chi connectivity index (χ4v) is 1.94. The van der Waals surface area contributed by atoms with Crippen molar-refractivity contribution in [2.24, 2.45) is 10.7 Å². The van der Waals surface area contributed by atoms with Gasteiger partial charge in [0.15, 0.2) is 0 Å². The molecule has 0 bridgehead atoms. The summed E-state index contributed by atoms with van der Waals surface area (Å²) in [5.74, 6) is 0.756. The number of primary amides is 1. The highest BCUT2D eigenvalue weighted by molar-refractivity contribution is 6.48. The van der Waals surface area contributed by atoms with Gasteiger partial charge in [0.25, 0.3) is 0 Å². The van der Waals surface area contributed by atoms with Crippen molar-refractivity contribution in [2.45, 2.75) is 6.10 Å². The van der Waals surface area contributed by atoms with Gasteiger partial charge in [-0.25, -0.2) is 4.79 Å². The zero-order valence-corrected chi connectivity index (χ0v) is 11.2. The molecule has 1 amide bonds. The number of rotatable bonds is 4. The van der Waals surface area contributed by atoms with E-state index in [-0.39, 0.29) is 11.3 Å². The molecule has 6 nitrogen and oxygen atoms in total. The lowest BCUT2D eigenvalue weighted by atomic mass is 9.96. The van der Waals surface area contributed by atoms with Crippen molar-refractivity contribution in [3.8, 4) is 0 Å². The summed E-state index contributed by atoms with van der Waals surface area (Å²) in [5.41, 5.74) is 6.05. The zero-order chi connectivity index (χ0) is 15.4. The molecular formula is C15H12N2O4. The SMILES string of the molecule is COC1C(=C=O)C=CN=C1C(=O)c1ccc(C(N)=O)cc1. The van der Waals surface area contributed by atoms with Crippen molar-refractivity contribution in [3.63, 3.8) is 0 Å². The molecule has 1 aromatic rings. The molecule has 2 rings (SSSR count). The van der Waals surface area contributed by atoms with Crippen molar-refractivity contribution in [2.75, 3.05) is 7.11 Å². The van der Waals surface area contributed by atoms with Gasteiger partial charge in [-0.2, -0.15) is 0 Å². The van der Waals surface area contributed by atoms with E-state index in [2.05, 4.69) is 4.99 Å². The number of ether oxygens (including phenoxy) is 1. The number of aliphatic imine (C=N–C) groups is 1. The number of methoxy groups -OCH3 is 1. The second-order valence-electron chi connectivity index (χ2n) is 4.27. The number of nitrogens with two attached hydrogens (primary N) is 1. The molecule has 106 valence electrons. The Labute approximate surface area is 120 Å². The molecule has 1 aliphatic heterocycles. The van der Waals surface area contributed by atoms with E-state index < -0.39 is 17.8 Å². The van der Waals surface area contributed by atoms with Crippen molar-refractivity contribution in [1.82, 2.24) is 0 Å². The minimum atomic E-state index is -0.851. The van der Waals surface area contributed by atoms with E-state index in [4.69, 9.17) is 10.5 Å². The van der Waals surface area contributed by atoms with Gasteiger partial charge in [-0.15, -0.1) is 0 Å². The summed E-state index contributed by atoms with van der Waals surface area (Å²) in [4.78, 5) is 38.2. The Morgan fingerprint density at radius 3 is 2.38 bits per heavy atom. The highest BCUT2D eigenvalue weighted by Crippen LogP contribution is 2.16. The van der Waals surface area contributed by atoms with Crippen LogP contribution in [0.1, 0.15) is 20.7 Å². The molecule has 1 aromatic carbocycles. The van der Waals surface area contributed by atoms with Crippen LogP contribution in [0.3, 0.4) is 0 Å². The van der Waals surface area contributed by atoms with Gasteiger partial charge in [0.1, 0.15) is 17.8 Å². The predicted octanol–water partition coefficient (Wildman–Crippen LogP) is 0.710. The van der Waals surface area contributed by atoms with Crippen LogP contribution in [0.5, 0.6) is 0 Å². The van der Waals surface area contributed by atoms with Gasteiger partial charge in [0.05, 0.1) is 5.57 Å². The molecule has 1 heterocycles. The molecule has 0 saturated heterocycles. The fraction of sp³-hybridized carbons (Fsp3) is 0.133. The summed E-state index contributed by atoms with van der Waals surface area (Å²) in [5, 5.41) is 0. The van der Waals surface area contributed by atoms with Gasteiger partial charge < -0.3 is 10.5 Å². The number of nitrogens with zero attached hydrogens (tertiary/aromatic N) is 1. The van der Waals surface area contributed by atoms with Crippen LogP contribution in [0, 0.1) is 0 Å². The molecule has 6 heteroatoms. The van der Waals surface area contributed by atoms with Crippen LogP contribution in [0.25, 0.3) is 0 Å². The Bertz CT molecular complexity index is 695. The minimum absolute atomic E-state index is 0.0881. The lowest BCUT2D eigenvalue weighted by molar-refractivity contribution is 0.0997. The maximum Gasteiger partial charge on any atom is 0.248 e. The highest BCUT2D eigenvalue weighted by Gasteiger charge is 2.28. The Kier molecular flexibility index (Phi) is 4.23. The number of benzene rings is 1. The summed E-state index contributed by atoms with van der Waals surface area (Å²) >= 11 is 0. The lowest BCUT2D eigenvalue weighted by Crippen LogP contribution is -2.33. The molecule has 21 heavy (non-hydrogen) atoms. The number of carbonyl (C=O) groups excluding carboxylic acids is 3. The van der Waals surface area contributed by atoms with Crippen LogP contribution in [0.15, 0.2) is 47.1 Å². The van der Waals surface area contributed by atoms with Gasteiger partial charge >= 0.3 is 0 Å². The van der Waals surface area contributed by atoms with E-state index >= 15 is 0 Å². The maximum absolute atomic E-state index is 12.4. The van der Waals surface area contributed by atoms with Crippen molar-refractivity contribution in [3.05, 3.63) is 53.2 Å². The van der Waals surface area contributed by atoms with Crippen molar-refractivity contribution in [1.29, 1.82) is 0 Å². The van der Waals surface area contributed by atoms with E-state index in [1.807, 2.05) is 0 Å². The number of amides is 1. The van der Waals surface area contributed by atoms with Crippen molar-refractivity contribution < 1.29 is 19.1 Å². The predicted molar refractivity (Wildman–Crippen MR) is 75.9 cm³/mol. The minimum Gasteiger partial charge on any atom is -0.369 e. The summed E-state index contributed by atoms with van der Waals surface area (Å²) < 4.78 is 5.14. The Morgan fingerprint density at radius 2 is 1.86 bits per heavy atom. The summed E-state index contributed by atoms with van der Waals surface area (Å²) in [6.07, 6.45) is 1.94. The molecule has 0 aliphatic carbocycles. The van der Waals surface area contributed by atoms with E-state index in [0.717, 1.165) is 0 Å². The van der Waals surface area contributed by atoms with Crippen LogP contribution in [-0.2, 0) is 9.53 Å². The first-order valence-electron chi connectivity index (χ1n) is 6.05. The Morgan fingerprint density at radius 1 is 1.24 bits per heavy atom. The van der Waals surface area contributed by atoms with Crippen LogP contribution >= 0.6 is 0 Å². The van der Waals surface area contributed by atoms with Gasteiger partial charge in [-0.05, 0) is 18.2 Å². The molecule has 0 spiro atoms. The van der Waals surface area contributed by atoms with E-state index in [0.29, 0.717) is 11.1 Å². The molecular weight excluding hydrogens is 272 g/mol. The summed E-state index contributed by atoms with van der Waals surface area (Å²) in [7, 11) is 1.38. The number of Topliss-reactive ketones (excluding diaryl/α,β-unsaturated/α-hetero) is 1. The first-order valence-corrected chi connectivity index (χ1v) is 6.05. The average molecular weight is 284 g/mol. The van der Waals surface area contributed by atoms with E-state index in [9.17, 15) is 14.4 Å². The highest BCUT2D eigenvalue weighted by atomic mass is 16.5. The molecule has 0 aromatic heterocycles. The molecule has 1 unspecified atom stereocenters. The van der Waals surface area contributed by atoms with Crippen LogP contribution in [0.2, 0.25) is 0 Å². The monoisotopic (exact) mass is 284 g/mol. The normalized spacial score (nSPS) is 17.1. The average Bonchev–Trinajstić information content (AvgIpc) is 2.53. The van der Waals surface area contributed by atoms with Crippen LogP contribution < -0.4 is 5.73 Å². The lowest BCUT2D eigenvalue weighted by Gasteiger charge is -2.18. The van der Waals surface area contributed by atoms with Crippen LogP contribution in [-0.4, -0.2) is 36.6 Å². The topological polar surface area (TPSA) is 98.8 Å². The van der Waals surface area contributed by atoms with Gasteiger partial charge in [-0.3, -0.25) is 14.6 Å². The standard InChI is InChI=1S/C15H12N2O4/c1-21-14-11(8-18)6-7-17-12(14)13(19)9-2-4-10(5-3-9)15(16)20/h2-7,14H,1H3,(H2,16,20). The Hall–Kier alpha value is -2.82. The largest absolute Gasteiger partial charge is 0.369 e. The third kappa shape index (κ3) is 2.86. The van der Waals surface area contributed by atoms with E-state index in [1.165, 1.54) is 43.7 Å². The van der Waals surface area contributed by atoms with Gasteiger partial charge in [0.2, 0.25) is 11.7 Å². The van der Waals surface area contributed by atoms with Gasteiger partial charge in [0, 0.05) is 24.4 Å². The Balaban J connectivity index is 2.34. The second-order valence-corrected chi connectivity index (χ2v) is 4.27. The fourth-order valence-electron chi connectivity index (χ4n) is 1.94. The number of hydrogen-bond acceptors (Lipinski definition) is 5. The van der Waals surface area contributed by atoms with Crippen LogP contribution in [0.4, 0.5) is 0 Å². The molecule has 2 N–H and O–H groups in total. The van der Waals surface area contributed by atoms with E-state index in [1.54, 1.807) is 5.94 Å². The third-order valence-corrected chi connectivity index (χ3v) is 3.02. The molecule has 0 fully saturated rings. The number of hydrogen-bond donors (Lipinski definition) is 1. The smallest absolute Gasteiger partial charge is 0.248 e.